The molecule has 2 atom stereocenters. The number of nitrogens with one attached hydrogen (secondary N) is 2. The maximum Gasteiger partial charge on any atom is 0.238 e. The number of aromatic nitrogens is 2. The molecule has 0 unspecified atom stereocenters. The van der Waals surface area contributed by atoms with Crippen molar-refractivity contribution < 1.29 is 9.59 Å². The van der Waals surface area contributed by atoms with Crippen LogP contribution in [0.5, 0.6) is 0 Å². The van der Waals surface area contributed by atoms with Crippen LogP contribution >= 0.6 is 11.8 Å². The third kappa shape index (κ3) is 3.05. The standard InChI is InChI=1S/C21H20N4O2S/c26-19(12-18-21(27)24-15-8-3-4-10-17(15)28-18)25-11-5-9-16(25)20-22-13-6-1-2-7-14(13)23-20/h1-4,6-8,10,16,18H,5,9,11-12H2,(H,22,23)(H,24,27)/t16-,18+/m0/s1. The van der Waals surface area contributed by atoms with Gasteiger partial charge in [0.25, 0.3) is 0 Å². The number of benzene rings is 2. The predicted molar refractivity (Wildman–Crippen MR) is 109 cm³/mol. The van der Waals surface area contributed by atoms with Gasteiger partial charge in [0, 0.05) is 17.9 Å². The summed E-state index contributed by atoms with van der Waals surface area (Å²) in [6.07, 6.45) is 2.03. The second-order valence-corrected chi connectivity index (χ2v) is 8.42. The SMILES string of the molecule is O=C1Nc2ccccc2S[C@@H]1CC(=O)N1CCC[C@H]1c1nc2ccccc2[nH]1. The number of fused-ring (bicyclic) bond motifs is 2. The molecule has 1 saturated heterocycles. The van der Waals surface area contributed by atoms with Crippen molar-refractivity contribution >= 4 is 40.3 Å². The minimum absolute atomic E-state index is 0.00925. The van der Waals surface area contributed by atoms with Gasteiger partial charge in [-0.3, -0.25) is 9.59 Å². The highest BCUT2D eigenvalue weighted by molar-refractivity contribution is 8.01. The average molecular weight is 392 g/mol. The van der Waals surface area contributed by atoms with E-state index >= 15 is 0 Å². The van der Waals surface area contributed by atoms with Crippen molar-refractivity contribution in [3.8, 4) is 0 Å². The van der Waals surface area contributed by atoms with Crippen molar-refractivity contribution in [3.63, 3.8) is 0 Å². The first-order valence-electron chi connectivity index (χ1n) is 9.50. The fourth-order valence-electron chi connectivity index (χ4n) is 3.98. The lowest BCUT2D eigenvalue weighted by Crippen LogP contribution is -2.37. The van der Waals surface area contributed by atoms with Gasteiger partial charge in [0.1, 0.15) is 5.82 Å². The molecule has 3 heterocycles. The highest BCUT2D eigenvalue weighted by Crippen LogP contribution is 2.38. The van der Waals surface area contributed by atoms with Gasteiger partial charge in [-0.25, -0.2) is 4.98 Å². The molecule has 5 rings (SSSR count). The van der Waals surface area contributed by atoms with Crippen LogP contribution in [0.25, 0.3) is 11.0 Å². The van der Waals surface area contributed by atoms with Crippen LogP contribution in [0.2, 0.25) is 0 Å². The molecule has 3 aromatic rings. The molecule has 2 aliphatic rings. The summed E-state index contributed by atoms with van der Waals surface area (Å²) in [6, 6.07) is 15.5. The molecule has 0 radical (unpaired) electrons. The van der Waals surface area contributed by atoms with Crippen molar-refractivity contribution in [1.82, 2.24) is 14.9 Å². The number of hydrogen-bond donors (Lipinski definition) is 2. The number of nitrogens with zero attached hydrogens (tertiary/aromatic N) is 2. The molecule has 2 aromatic carbocycles. The van der Waals surface area contributed by atoms with Crippen molar-refractivity contribution in [1.29, 1.82) is 0 Å². The van der Waals surface area contributed by atoms with Crippen LogP contribution in [-0.4, -0.2) is 38.5 Å². The normalized spacial score (nSPS) is 21.6. The molecule has 2 amide bonds. The van der Waals surface area contributed by atoms with E-state index in [2.05, 4.69) is 15.3 Å². The Hall–Kier alpha value is -2.80. The highest BCUT2D eigenvalue weighted by atomic mass is 32.2. The fraction of sp³-hybridized carbons (Fsp3) is 0.286. The van der Waals surface area contributed by atoms with Gasteiger partial charge < -0.3 is 15.2 Å². The van der Waals surface area contributed by atoms with Gasteiger partial charge in [0.05, 0.1) is 28.0 Å². The quantitative estimate of drug-likeness (QED) is 0.712. The Bertz CT molecular complexity index is 1030. The molecular weight excluding hydrogens is 372 g/mol. The molecule has 0 aliphatic carbocycles. The summed E-state index contributed by atoms with van der Waals surface area (Å²) in [7, 11) is 0. The summed E-state index contributed by atoms with van der Waals surface area (Å²) in [4.78, 5) is 36.4. The van der Waals surface area contributed by atoms with Crippen molar-refractivity contribution in [2.45, 2.75) is 35.4 Å². The van der Waals surface area contributed by atoms with Gasteiger partial charge in [-0.05, 0) is 37.1 Å². The summed E-state index contributed by atoms with van der Waals surface area (Å²) in [5.41, 5.74) is 2.72. The number of hydrogen-bond acceptors (Lipinski definition) is 4. The molecule has 142 valence electrons. The molecule has 0 spiro atoms. The molecule has 6 nitrogen and oxygen atoms in total. The van der Waals surface area contributed by atoms with Crippen LogP contribution in [0.15, 0.2) is 53.4 Å². The Morgan fingerprint density at radius 1 is 1.18 bits per heavy atom. The summed E-state index contributed by atoms with van der Waals surface area (Å²) < 4.78 is 0. The Labute approximate surface area is 166 Å². The number of anilines is 1. The van der Waals surface area contributed by atoms with E-state index in [1.165, 1.54) is 11.8 Å². The number of H-pyrrole nitrogens is 1. The van der Waals surface area contributed by atoms with E-state index in [4.69, 9.17) is 0 Å². The monoisotopic (exact) mass is 392 g/mol. The zero-order valence-electron chi connectivity index (χ0n) is 15.2. The lowest BCUT2D eigenvalue weighted by atomic mass is 10.2. The molecule has 1 fully saturated rings. The smallest absolute Gasteiger partial charge is 0.238 e. The number of amides is 2. The molecule has 2 N–H and O–H groups in total. The first kappa shape index (κ1) is 17.3. The maximum atomic E-state index is 13.1. The van der Waals surface area contributed by atoms with E-state index < -0.39 is 5.25 Å². The van der Waals surface area contributed by atoms with Crippen LogP contribution in [-0.2, 0) is 9.59 Å². The Morgan fingerprint density at radius 2 is 2.00 bits per heavy atom. The van der Waals surface area contributed by atoms with E-state index in [1.807, 2.05) is 53.4 Å². The fourth-order valence-corrected chi connectivity index (χ4v) is 5.08. The Balaban J connectivity index is 1.34. The van der Waals surface area contributed by atoms with Gasteiger partial charge in [0.2, 0.25) is 11.8 Å². The zero-order chi connectivity index (χ0) is 19.1. The molecule has 1 aromatic heterocycles. The molecule has 0 bridgehead atoms. The summed E-state index contributed by atoms with van der Waals surface area (Å²) in [5, 5.41) is 2.51. The first-order chi connectivity index (χ1) is 13.7. The number of aromatic amines is 1. The third-order valence-corrected chi connectivity index (χ3v) is 6.64. The van der Waals surface area contributed by atoms with E-state index in [-0.39, 0.29) is 24.3 Å². The number of likely N-dealkylation sites (tertiary alicyclic amines) is 1. The minimum Gasteiger partial charge on any atom is -0.340 e. The van der Waals surface area contributed by atoms with Crippen molar-refractivity contribution in [3.05, 3.63) is 54.4 Å². The van der Waals surface area contributed by atoms with Crippen LogP contribution in [0.3, 0.4) is 0 Å². The Kier molecular flexibility index (Phi) is 4.31. The van der Waals surface area contributed by atoms with Crippen molar-refractivity contribution in [2.75, 3.05) is 11.9 Å². The third-order valence-electron chi connectivity index (χ3n) is 5.36. The number of para-hydroxylation sites is 3. The van der Waals surface area contributed by atoms with Crippen LogP contribution in [0.4, 0.5) is 5.69 Å². The van der Waals surface area contributed by atoms with E-state index in [0.717, 1.165) is 40.3 Å². The van der Waals surface area contributed by atoms with Crippen LogP contribution in [0.1, 0.15) is 31.1 Å². The van der Waals surface area contributed by atoms with Gasteiger partial charge in [-0.2, -0.15) is 0 Å². The predicted octanol–water partition coefficient (Wildman–Crippen LogP) is 3.73. The van der Waals surface area contributed by atoms with Gasteiger partial charge in [0.15, 0.2) is 0 Å². The number of imidazole rings is 1. The minimum atomic E-state index is -0.403. The number of rotatable bonds is 3. The van der Waals surface area contributed by atoms with E-state index in [0.29, 0.717) is 6.54 Å². The largest absolute Gasteiger partial charge is 0.340 e. The summed E-state index contributed by atoms with van der Waals surface area (Å²) in [6.45, 7) is 0.705. The van der Waals surface area contributed by atoms with E-state index in [1.54, 1.807) is 0 Å². The molecule has 7 heteroatoms. The molecular formula is C21H20N4O2S. The van der Waals surface area contributed by atoms with Crippen molar-refractivity contribution in [2.24, 2.45) is 0 Å². The molecule has 0 saturated carbocycles. The summed E-state index contributed by atoms with van der Waals surface area (Å²) in [5.74, 6) is 0.740. The lowest BCUT2D eigenvalue weighted by molar-refractivity contribution is -0.133. The van der Waals surface area contributed by atoms with Gasteiger partial charge in [-0.15, -0.1) is 11.8 Å². The average Bonchev–Trinajstić information content (AvgIpc) is 3.35. The Morgan fingerprint density at radius 3 is 2.89 bits per heavy atom. The summed E-state index contributed by atoms with van der Waals surface area (Å²) >= 11 is 1.47. The van der Waals surface area contributed by atoms with Gasteiger partial charge >= 0.3 is 0 Å². The van der Waals surface area contributed by atoms with Crippen LogP contribution in [0, 0.1) is 0 Å². The van der Waals surface area contributed by atoms with Crippen LogP contribution < -0.4 is 5.32 Å². The zero-order valence-corrected chi connectivity index (χ0v) is 16.0. The lowest BCUT2D eigenvalue weighted by Gasteiger charge is -2.27. The highest BCUT2D eigenvalue weighted by Gasteiger charge is 2.36. The van der Waals surface area contributed by atoms with Gasteiger partial charge in [-0.1, -0.05) is 24.3 Å². The molecule has 28 heavy (non-hydrogen) atoms. The number of carbonyl (C=O) groups is 2. The number of carbonyl (C=O) groups excluding carboxylic acids is 2. The first-order valence-corrected chi connectivity index (χ1v) is 10.4. The van der Waals surface area contributed by atoms with E-state index in [9.17, 15) is 9.59 Å². The number of thioether (sulfide) groups is 1. The second kappa shape index (κ2) is 6.98. The maximum absolute atomic E-state index is 13.1. The molecule has 2 aliphatic heterocycles. The topological polar surface area (TPSA) is 78.1 Å². The second-order valence-electron chi connectivity index (χ2n) is 7.18.